The molecular weight excluding hydrogens is 394 g/mol. The molecular formula is C24H31N3O4. The van der Waals surface area contributed by atoms with Gasteiger partial charge in [-0.2, -0.15) is 0 Å². The maximum Gasteiger partial charge on any atom is 0.315 e. The van der Waals surface area contributed by atoms with Crippen molar-refractivity contribution in [2.75, 3.05) is 6.61 Å². The summed E-state index contributed by atoms with van der Waals surface area (Å²) in [6.07, 6.45) is 1.02. The molecule has 3 amide bonds. The van der Waals surface area contributed by atoms with E-state index < -0.39 is 0 Å². The van der Waals surface area contributed by atoms with E-state index in [1.807, 2.05) is 52.0 Å². The van der Waals surface area contributed by atoms with Crippen molar-refractivity contribution < 1.29 is 19.1 Å². The van der Waals surface area contributed by atoms with E-state index in [2.05, 4.69) is 16.0 Å². The minimum atomic E-state index is -0.213. The van der Waals surface area contributed by atoms with Gasteiger partial charge < -0.3 is 25.4 Å². The number of urea groups is 1. The predicted molar refractivity (Wildman–Crippen MR) is 120 cm³/mol. The number of ether oxygens (including phenoxy) is 2. The van der Waals surface area contributed by atoms with E-state index in [-0.39, 0.29) is 24.1 Å². The molecule has 1 heterocycles. The number of carbonyl (C=O) groups excluding carboxylic acids is 2. The lowest BCUT2D eigenvalue weighted by molar-refractivity contribution is 0.0950. The second-order valence-electron chi connectivity index (χ2n) is 7.99. The first-order valence-corrected chi connectivity index (χ1v) is 10.7. The van der Waals surface area contributed by atoms with E-state index >= 15 is 0 Å². The van der Waals surface area contributed by atoms with Crippen LogP contribution < -0.4 is 25.4 Å². The fourth-order valence-electron chi connectivity index (χ4n) is 3.46. The Balaban J connectivity index is 1.58. The van der Waals surface area contributed by atoms with Crippen molar-refractivity contribution in [2.24, 2.45) is 0 Å². The van der Waals surface area contributed by atoms with Gasteiger partial charge in [0.25, 0.3) is 5.91 Å². The first-order valence-electron chi connectivity index (χ1n) is 10.7. The van der Waals surface area contributed by atoms with E-state index in [1.165, 1.54) is 0 Å². The van der Waals surface area contributed by atoms with Crippen molar-refractivity contribution in [3.8, 4) is 11.5 Å². The highest BCUT2D eigenvalue weighted by atomic mass is 16.5. The molecule has 0 aliphatic carbocycles. The zero-order valence-corrected chi connectivity index (χ0v) is 18.6. The SMILES string of the molecule is CCOc1cc2c(cc1CNC(=O)c1ccc(CNC(=O)NC(C)C)cc1)O[C@H](C)C2. The summed E-state index contributed by atoms with van der Waals surface area (Å²) in [6, 6.07) is 11.0. The summed E-state index contributed by atoms with van der Waals surface area (Å²) >= 11 is 0. The van der Waals surface area contributed by atoms with Crippen LogP contribution in [0.3, 0.4) is 0 Å². The van der Waals surface area contributed by atoms with Crippen LogP contribution in [-0.4, -0.2) is 30.7 Å². The third-order valence-corrected chi connectivity index (χ3v) is 4.91. The van der Waals surface area contributed by atoms with Crippen LogP contribution in [0.1, 0.15) is 54.7 Å². The highest BCUT2D eigenvalue weighted by Gasteiger charge is 2.22. The molecule has 31 heavy (non-hydrogen) atoms. The maximum absolute atomic E-state index is 12.6. The Kier molecular flexibility index (Phi) is 7.39. The van der Waals surface area contributed by atoms with E-state index in [1.54, 1.807) is 12.1 Å². The largest absolute Gasteiger partial charge is 0.494 e. The zero-order valence-electron chi connectivity index (χ0n) is 18.6. The molecule has 0 saturated carbocycles. The lowest BCUT2D eigenvalue weighted by Gasteiger charge is -2.14. The lowest BCUT2D eigenvalue weighted by Crippen LogP contribution is -2.39. The lowest BCUT2D eigenvalue weighted by atomic mass is 10.1. The molecule has 7 nitrogen and oxygen atoms in total. The molecule has 2 aromatic rings. The Hall–Kier alpha value is -3.22. The highest BCUT2D eigenvalue weighted by molar-refractivity contribution is 5.94. The van der Waals surface area contributed by atoms with Crippen molar-refractivity contribution in [3.63, 3.8) is 0 Å². The van der Waals surface area contributed by atoms with Gasteiger partial charge in [-0.3, -0.25) is 4.79 Å². The van der Waals surface area contributed by atoms with Gasteiger partial charge in [0.05, 0.1) is 6.61 Å². The average Bonchev–Trinajstić information content (AvgIpc) is 3.09. The molecule has 1 aliphatic heterocycles. The molecule has 2 aromatic carbocycles. The molecule has 0 spiro atoms. The number of hydrogen-bond acceptors (Lipinski definition) is 4. The number of fused-ring (bicyclic) bond motifs is 1. The summed E-state index contributed by atoms with van der Waals surface area (Å²) in [5.41, 5.74) is 3.50. The van der Waals surface area contributed by atoms with Crippen LogP contribution in [-0.2, 0) is 19.5 Å². The summed E-state index contributed by atoms with van der Waals surface area (Å²) < 4.78 is 11.6. The molecule has 3 rings (SSSR count). The van der Waals surface area contributed by atoms with Gasteiger partial charge in [-0.05, 0) is 57.5 Å². The first-order chi connectivity index (χ1) is 14.9. The van der Waals surface area contributed by atoms with Gasteiger partial charge in [-0.1, -0.05) is 12.1 Å². The van der Waals surface area contributed by atoms with Crippen LogP contribution >= 0.6 is 0 Å². The molecule has 0 radical (unpaired) electrons. The molecule has 166 valence electrons. The van der Waals surface area contributed by atoms with Crippen molar-refractivity contribution in [2.45, 2.75) is 59.4 Å². The Bertz CT molecular complexity index is 925. The minimum Gasteiger partial charge on any atom is -0.494 e. The van der Waals surface area contributed by atoms with Gasteiger partial charge in [0, 0.05) is 42.2 Å². The third-order valence-electron chi connectivity index (χ3n) is 4.91. The van der Waals surface area contributed by atoms with Crippen LogP contribution in [0.4, 0.5) is 4.79 Å². The molecule has 1 atom stereocenters. The number of hydrogen-bond donors (Lipinski definition) is 3. The van der Waals surface area contributed by atoms with Crippen LogP contribution in [0.2, 0.25) is 0 Å². The van der Waals surface area contributed by atoms with Gasteiger partial charge >= 0.3 is 6.03 Å². The third kappa shape index (κ3) is 6.13. The van der Waals surface area contributed by atoms with Crippen molar-refractivity contribution in [3.05, 3.63) is 58.7 Å². The summed E-state index contributed by atoms with van der Waals surface area (Å²) in [5.74, 6) is 1.47. The summed E-state index contributed by atoms with van der Waals surface area (Å²) in [7, 11) is 0. The number of rotatable bonds is 8. The number of benzene rings is 2. The zero-order chi connectivity index (χ0) is 22.4. The summed E-state index contributed by atoms with van der Waals surface area (Å²) in [5, 5.41) is 8.52. The number of amides is 3. The van der Waals surface area contributed by atoms with Crippen molar-refractivity contribution in [1.82, 2.24) is 16.0 Å². The molecule has 0 saturated heterocycles. The Morgan fingerprint density at radius 2 is 1.87 bits per heavy atom. The highest BCUT2D eigenvalue weighted by Crippen LogP contribution is 2.35. The second-order valence-corrected chi connectivity index (χ2v) is 7.99. The Morgan fingerprint density at radius 1 is 1.13 bits per heavy atom. The normalized spacial score (nSPS) is 14.5. The molecule has 1 aliphatic rings. The first kappa shape index (κ1) is 22.5. The van der Waals surface area contributed by atoms with Crippen LogP contribution in [0.25, 0.3) is 0 Å². The standard InChI is InChI=1S/C24H31N3O4/c1-5-30-21-11-19-10-16(4)31-22(19)12-20(21)14-25-23(28)18-8-6-17(7-9-18)13-26-24(29)27-15(2)3/h6-9,11-12,15-16H,5,10,13-14H2,1-4H3,(H,25,28)(H2,26,27,29)/t16-/m1/s1. The predicted octanol–water partition coefficient (Wildman–Crippen LogP) is 3.55. The molecule has 0 unspecified atom stereocenters. The van der Waals surface area contributed by atoms with E-state index in [4.69, 9.17) is 9.47 Å². The fourth-order valence-corrected chi connectivity index (χ4v) is 3.46. The number of nitrogens with one attached hydrogen (secondary N) is 3. The van der Waals surface area contributed by atoms with Gasteiger partial charge in [-0.15, -0.1) is 0 Å². The van der Waals surface area contributed by atoms with Crippen LogP contribution in [0.15, 0.2) is 36.4 Å². The number of carbonyl (C=O) groups is 2. The molecule has 0 fully saturated rings. The summed E-state index contributed by atoms with van der Waals surface area (Å²) in [6.45, 7) is 9.08. The van der Waals surface area contributed by atoms with Crippen molar-refractivity contribution in [1.29, 1.82) is 0 Å². The molecule has 7 heteroatoms. The van der Waals surface area contributed by atoms with Gasteiger partial charge in [-0.25, -0.2) is 4.79 Å². The van der Waals surface area contributed by atoms with Gasteiger partial charge in [0.2, 0.25) is 0 Å². The average molecular weight is 426 g/mol. The minimum absolute atomic E-state index is 0.0787. The maximum atomic E-state index is 12.6. The van der Waals surface area contributed by atoms with Gasteiger partial charge in [0.1, 0.15) is 17.6 Å². The Labute approximate surface area is 183 Å². The summed E-state index contributed by atoms with van der Waals surface area (Å²) in [4.78, 5) is 24.3. The van der Waals surface area contributed by atoms with E-state index in [0.29, 0.717) is 25.3 Å². The van der Waals surface area contributed by atoms with Gasteiger partial charge in [0.15, 0.2) is 0 Å². The molecule has 0 aromatic heterocycles. The van der Waals surface area contributed by atoms with Crippen molar-refractivity contribution >= 4 is 11.9 Å². The quantitative estimate of drug-likeness (QED) is 0.604. The van der Waals surface area contributed by atoms with E-state index in [0.717, 1.165) is 34.6 Å². The topological polar surface area (TPSA) is 88.7 Å². The van der Waals surface area contributed by atoms with E-state index in [9.17, 15) is 9.59 Å². The Morgan fingerprint density at radius 3 is 2.55 bits per heavy atom. The van der Waals surface area contributed by atoms with Crippen LogP contribution in [0, 0.1) is 0 Å². The fraction of sp³-hybridized carbons (Fsp3) is 0.417. The second kappa shape index (κ2) is 10.2. The smallest absolute Gasteiger partial charge is 0.315 e. The van der Waals surface area contributed by atoms with Crippen LogP contribution in [0.5, 0.6) is 11.5 Å². The molecule has 3 N–H and O–H groups in total. The molecule has 0 bridgehead atoms. The monoisotopic (exact) mass is 425 g/mol.